The van der Waals surface area contributed by atoms with Crippen molar-refractivity contribution in [3.8, 4) is 5.75 Å². The predicted molar refractivity (Wildman–Crippen MR) is 94.5 cm³/mol. The standard InChI is InChI=1S/C15H17NO.2CH4O.CH2O/c1-11-4-3-5-13(8-11)10-17-15-7-6-14(16)9-12(15)2;3*1-2/h3-9H,10,16H2,1-2H3;2*2H,1H3;1H2. The zero-order chi connectivity index (χ0) is 18.3. The highest BCUT2D eigenvalue weighted by Gasteiger charge is 2.00. The minimum absolute atomic E-state index is 0.590. The topological polar surface area (TPSA) is 92.8 Å². The Morgan fingerprint density at radius 2 is 1.61 bits per heavy atom. The van der Waals surface area contributed by atoms with E-state index in [1.54, 1.807) is 0 Å². The molecule has 0 aliphatic carbocycles. The van der Waals surface area contributed by atoms with Crippen molar-refractivity contribution in [1.82, 2.24) is 0 Å². The van der Waals surface area contributed by atoms with Crippen LogP contribution in [0.3, 0.4) is 0 Å². The maximum atomic E-state index is 8.00. The summed E-state index contributed by atoms with van der Waals surface area (Å²) in [6, 6.07) is 14.0. The second-order valence-electron chi connectivity index (χ2n) is 4.30. The Hall–Kier alpha value is -2.37. The molecule has 0 spiro atoms. The van der Waals surface area contributed by atoms with E-state index in [0.29, 0.717) is 6.61 Å². The minimum atomic E-state index is 0.590. The number of ether oxygens (including phenoxy) is 1. The van der Waals surface area contributed by atoms with Gasteiger partial charge in [-0.2, -0.15) is 0 Å². The molecule has 0 aliphatic heterocycles. The van der Waals surface area contributed by atoms with Crippen molar-refractivity contribution < 1.29 is 19.7 Å². The molecular weight excluding hydrogens is 294 g/mol. The van der Waals surface area contributed by atoms with Crippen molar-refractivity contribution in [2.24, 2.45) is 0 Å². The number of aryl methyl sites for hydroxylation is 2. The van der Waals surface area contributed by atoms with Gasteiger partial charge in [0.25, 0.3) is 0 Å². The van der Waals surface area contributed by atoms with Gasteiger partial charge in [-0.05, 0) is 43.2 Å². The molecule has 0 fully saturated rings. The summed E-state index contributed by atoms with van der Waals surface area (Å²) in [6.07, 6.45) is 0. The molecule has 4 N–H and O–H groups in total. The maximum absolute atomic E-state index is 8.00. The van der Waals surface area contributed by atoms with Crippen LogP contribution >= 0.6 is 0 Å². The van der Waals surface area contributed by atoms with E-state index in [1.165, 1.54) is 11.1 Å². The maximum Gasteiger partial charge on any atom is 0.122 e. The fraction of sp³-hybridized carbons (Fsp3) is 0.278. The molecule has 0 atom stereocenters. The highest BCUT2D eigenvalue weighted by atomic mass is 16.5. The van der Waals surface area contributed by atoms with E-state index in [4.69, 9.17) is 25.5 Å². The number of anilines is 1. The van der Waals surface area contributed by atoms with E-state index in [1.807, 2.05) is 38.0 Å². The molecule has 0 radical (unpaired) electrons. The van der Waals surface area contributed by atoms with Crippen LogP contribution < -0.4 is 10.5 Å². The van der Waals surface area contributed by atoms with Gasteiger partial charge in [0.2, 0.25) is 0 Å². The molecule has 23 heavy (non-hydrogen) atoms. The number of hydrogen-bond acceptors (Lipinski definition) is 5. The number of aliphatic hydroxyl groups excluding tert-OH is 2. The van der Waals surface area contributed by atoms with Gasteiger partial charge in [0.1, 0.15) is 19.1 Å². The third-order valence-corrected chi connectivity index (χ3v) is 2.68. The van der Waals surface area contributed by atoms with Crippen molar-refractivity contribution in [3.63, 3.8) is 0 Å². The van der Waals surface area contributed by atoms with Gasteiger partial charge in [0, 0.05) is 19.9 Å². The zero-order valence-corrected chi connectivity index (χ0v) is 14.2. The number of carbonyl (C=O) groups excluding carboxylic acids is 1. The van der Waals surface area contributed by atoms with Crippen LogP contribution in [0.2, 0.25) is 0 Å². The number of aliphatic hydroxyl groups is 2. The van der Waals surface area contributed by atoms with Gasteiger partial charge in [-0.3, -0.25) is 0 Å². The Morgan fingerprint density at radius 3 is 2.13 bits per heavy atom. The lowest BCUT2D eigenvalue weighted by Crippen LogP contribution is -1.98. The first-order valence-electron chi connectivity index (χ1n) is 6.88. The average Bonchev–Trinajstić information content (AvgIpc) is 2.60. The molecule has 2 rings (SSSR count). The van der Waals surface area contributed by atoms with Gasteiger partial charge in [-0.1, -0.05) is 29.8 Å². The summed E-state index contributed by atoms with van der Waals surface area (Å²) in [5, 5.41) is 14.0. The van der Waals surface area contributed by atoms with Gasteiger partial charge < -0.3 is 25.5 Å². The van der Waals surface area contributed by atoms with Crippen molar-refractivity contribution in [3.05, 3.63) is 59.2 Å². The number of benzene rings is 2. The van der Waals surface area contributed by atoms with Crippen LogP contribution in [0.25, 0.3) is 0 Å². The monoisotopic (exact) mass is 321 g/mol. The molecule has 0 heterocycles. The largest absolute Gasteiger partial charge is 0.489 e. The summed E-state index contributed by atoms with van der Waals surface area (Å²) >= 11 is 0. The summed E-state index contributed by atoms with van der Waals surface area (Å²) in [5.41, 5.74) is 9.97. The fourth-order valence-electron chi connectivity index (χ4n) is 1.80. The Morgan fingerprint density at radius 1 is 1.00 bits per heavy atom. The van der Waals surface area contributed by atoms with E-state index in [-0.39, 0.29) is 0 Å². The Balaban J connectivity index is 0. The first-order valence-corrected chi connectivity index (χ1v) is 6.88. The molecule has 0 saturated carbocycles. The minimum Gasteiger partial charge on any atom is -0.489 e. The first-order chi connectivity index (χ1) is 11.1. The quantitative estimate of drug-likeness (QED) is 0.755. The van der Waals surface area contributed by atoms with Crippen molar-refractivity contribution >= 4 is 12.5 Å². The summed E-state index contributed by atoms with van der Waals surface area (Å²) in [6.45, 7) is 6.67. The van der Waals surface area contributed by atoms with Crippen LogP contribution in [0.5, 0.6) is 5.75 Å². The molecular formula is C18H27NO4. The lowest BCUT2D eigenvalue weighted by Gasteiger charge is -2.10. The average molecular weight is 321 g/mol. The van der Waals surface area contributed by atoms with Gasteiger partial charge in [-0.15, -0.1) is 0 Å². The van der Waals surface area contributed by atoms with Crippen molar-refractivity contribution in [2.45, 2.75) is 20.5 Å². The zero-order valence-electron chi connectivity index (χ0n) is 14.2. The molecule has 5 nitrogen and oxygen atoms in total. The van der Waals surface area contributed by atoms with Crippen LogP contribution in [0.1, 0.15) is 16.7 Å². The molecule has 2 aromatic carbocycles. The Kier molecular flexibility index (Phi) is 14.5. The highest BCUT2D eigenvalue weighted by molar-refractivity contribution is 5.47. The molecule has 0 aliphatic rings. The third-order valence-electron chi connectivity index (χ3n) is 2.68. The molecule has 0 saturated heterocycles. The van der Waals surface area contributed by atoms with Gasteiger partial charge in [-0.25, -0.2) is 0 Å². The number of nitrogens with two attached hydrogens (primary N) is 1. The lowest BCUT2D eigenvalue weighted by atomic mass is 10.1. The Labute approximate surface area is 138 Å². The summed E-state index contributed by atoms with van der Waals surface area (Å²) in [5.74, 6) is 0.890. The molecule has 2 aromatic rings. The number of hydrogen-bond donors (Lipinski definition) is 3. The third kappa shape index (κ3) is 9.29. The van der Waals surface area contributed by atoms with E-state index in [2.05, 4.69) is 25.1 Å². The van der Waals surface area contributed by atoms with Crippen molar-refractivity contribution in [2.75, 3.05) is 20.0 Å². The summed E-state index contributed by atoms with van der Waals surface area (Å²) < 4.78 is 5.78. The van der Waals surface area contributed by atoms with Gasteiger partial charge in [0.15, 0.2) is 0 Å². The first kappa shape index (κ1) is 22.9. The molecule has 5 heteroatoms. The van der Waals surface area contributed by atoms with E-state index in [9.17, 15) is 0 Å². The number of nitrogen functional groups attached to an aromatic ring is 1. The molecule has 0 aromatic heterocycles. The van der Waals surface area contributed by atoms with Gasteiger partial charge >= 0.3 is 0 Å². The normalized spacial score (nSPS) is 8.26. The van der Waals surface area contributed by atoms with Crippen LogP contribution in [0.4, 0.5) is 5.69 Å². The predicted octanol–water partition coefficient (Wildman–Crippen LogP) is 2.50. The molecule has 0 unspecified atom stereocenters. The lowest BCUT2D eigenvalue weighted by molar-refractivity contribution is -0.0979. The number of carbonyl (C=O) groups is 1. The number of rotatable bonds is 3. The van der Waals surface area contributed by atoms with E-state index >= 15 is 0 Å². The van der Waals surface area contributed by atoms with Crippen LogP contribution in [0, 0.1) is 13.8 Å². The highest BCUT2D eigenvalue weighted by Crippen LogP contribution is 2.21. The summed E-state index contributed by atoms with van der Waals surface area (Å²) in [7, 11) is 2.00. The summed E-state index contributed by atoms with van der Waals surface area (Å²) in [4.78, 5) is 8.00. The van der Waals surface area contributed by atoms with E-state index < -0.39 is 0 Å². The molecule has 128 valence electrons. The smallest absolute Gasteiger partial charge is 0.122 e. The Bertz CT molecular complexity index is 544. The van der Waals surface area contributed by atoms with Crippen LogP contribution in [0.15, 0.2) is 42.5 Å². The van der Waals surface area contributed by atoms with Gasteiger partial charge in [0.05, 0.1) is 0 Å². The molecule has 0 amide bonds. The van der Waals surface area contributed by atoms with Crippen molar-refractivity contribution in [1.29, 1.82) is 0 Å². The van der Waals surface area contributed by atoms with Crippen LogP contribution in [-0.4, -0.2) is 31.2 Å². The molecule has 0 bridgehead atoms. The van der Waals surface area contributed by atoms with E-state index in [0.717, 1.165) is 31.2 Å². The second-order valence-corrected chi connectivity index (χ2v) is 4.30. The SMILES string of the molecule is C=O.CO.CO.Cc1cccc(COc2ccc(N)cc2C)c1. The fourth-order valence-corrected chi connectivity index (χ4v) is 1.80. The second kappa shape index (κ2) is 14.6. The van der Waals surface area contributed by atoms with Crippen LogP contribution in [-0.2, 0) is 11.4 Å².